The summed E-state index contributed by atoms with van der Waals surface area (Å²) in [6, 6.07) is 3.53. The number of amides is 1. The van der Waals surface area contributed by atoms with Gasteiger partial charge < -0.3 is 15.4 Å². The molecule has 0 aliphatic carbocycles. The van der Waals surface area contributed by atoms with Gasteiger partial charge in [0.15, 0.2) is 5.65 Å². The Morgan fingerprint density at radius 1 is 1.38 bits per heavy atom. The molecule has 2 N–H and O–H groups in total. The minimum absolute atomic E-state index is 0.408. The number of anilines is 1. The van der Waals surface area contributed by atoms with Crippen LogP contribution in [-0.2, 0) is 4.74 Å². The van der Waals surface area contributed by atoms with Crippen molar-refractivity contribution in [3.63, 3.8) is 0 Å². The number of ether oxygens (including phenoxy) is 1. The second-order valence-electron chi connectivity index (χ2n) is 5.44. The van der Waals surface area contributed by atoms with Crippen molar-refractivity contribution < 1.29 is 9.53 Å². The third-order valence-corrected chi connectivity index (χ3v) is 2.59. The summed E-state index contributed by atoms with van der Waals surface area (Å²) >= 11 is 5.87. The Bertz CT molecular complexity index is 635. The normalized spacial score (nSPS) is 11.4. The fourth-order valence-electron chi connectivity index (χ4n) is 1.59. The lowest BCUT2D eigenvalue weighted by Gasteiger charge is -2.19. The van der Waals surface area contributed by atoms with Crippen LogP contribution in [0.1, 0.15) is 20.8 Å². The maximum Gasteiger partial charge on any atom is 0.407 e. The Morgan fingerprint density at radius 3 is 2.86 bits per heavy atom. The highest BCUT2D eigenvalue weighted by atomic mass is 35.5. The van der Waals surface area contributed by atoms with E-state index in [2.05, 4.69) is 20.7 Å². The molecular formula is C13H18ClN5O2. The molecule has 2 rings (SSSR count). The van der Waals surface area contributed by atoms with E-state index in [4.69, 9.17) is 16.3 Å². The van der Waals surface area contributed by atoms with E-state index in [0.29, 0.717) is 29.7 Å². The van der Waals surface area contributed by atoms with Crippen molar-refractivity contribution in [2.75, 3.05) is 18.4 Å². The fraction of sp³-hybridized carbons (Fsp3) is 0.462. The van der Waals surface area contributed by atoms with Gasteiger partial charge in [-0.1, -0.05) is 11.6 Å². The van der Waals surface area contributed by atoms with Gasteiger partial charge in [0.1, 0.15) is 5.60 Å². The van der Waals surface area contributed by atoms with E-state index in [9.17, 15) is 4.79 Å². The number of halogens is 1. The highest BCUT2D eigenvalue weighted by Gasteiger charge is 2.15. The molecule has 2 heterocycles. The molecule has 0 fully saturated rings. The summed E-state index contributed by atoms with van der Waals surface area (Å²) in [7, 11) is 0. The van der Waals surface area contributed by atoms with Crippen LogP contribution in [0.3, 0.4) is 0 Å². The maximum atomic E-state index is 11.4. The van der Waals surface area contributed by atoms with Crippen molar-refractivity contribution >= 4 is 29.3 Å². The molecule has 21 heavy (non-hydrogen) atoms. The van der Waals surface area contributed by atoms with Gasteiger partial charge >= 0.3 is 6.09 Å². The minimum atomic E-state index is -0.500. The van der Waals surface area contributed by atoms with Crippen molar-refractivity contribution in [3.05, 3.63) is 23.4 Å². The number of carbonyl (C=O) groups is 1. The molecule has 0 aliphatic heterocycles. The average Bonchev–Trinajstić information content (AvgIpc) is 2.74. The number of pyridine rings is 1. The van der Waals surface area contributed by atoms with E-state index in [1.165, 1.54) is 0 Å². The fourth-order valence-corrected chi connectivity index (χ4v) is 1.74. The zero-order chi connectivity index (χ0) is 15.5. The molecular weight excluding hydrogens is 294 g/mol. The lowest BCUT2D eigenvalue weighted by molar-refractivity contribution is 0.0530. The molecule has 0 saturated carbocycles. The van der Waals surface area contributed by atoms with Gasteiger partial charge in [-0.15, -0.1) is 5.10 Å². The smallest absolute Gasteiger partial charge is 0.407 e. The van der Waals surface area contributed by atoms with Crippen LogP contribution in [0, 0.1) is 0 Å². The summed E-state index contributed by atoms with van der Waals surface area (Å²) in [6.45, 7) is 6.35. The lowest BCUT2D eigenvalue weighted by Crippen LogP contribution is -2.35. The van der Waals surface area contributed by atoms with E-state index in [-0.39, 0.29) is 0 Å². The topological polar surface area (TPSA) is 80.5 Å². The summed E-state index contributed by atoms with van der Waals surface area (Å²) in [5.74, 6) is 0.475. The average molecular weight is 312 g/mol. The highest BCUT2D eigenvalue weighted by Crippen LogP contribution is 2.11. The lowest BCUT2D eigenvalue weighted by atomic mass is 10.2. The van der Waals surface area contributed by atoms with Gasteiger partial charge in [-0.05, 0) is 32.9 Å². The summed E-state index contributed by atoms with van der Waals surface area (Å²) in [6.07, 6.45) is 1.23. The molecule has 0 bridgehead atoms. The summed E-state index contributed by atoms with van der Waals surface area (Å²) in [4.78, 5) is 15.7. The van der Waals surface area contributed by atoms with E-state index < -0.39 is 11.7 Å². The largest absolute Gasteiger partial charge is 0.444 e. The van der Waals surface area contributed by atoms with Crippen LogP contribution < -0.4 is 10.6 Å². The first kappa shape index (κ1) is 15.4. The summed E-state index contributed by atoms with van der Waals surface area (Å²) in [5, 5.41) is 10.5. The molecule has 114 valence electrons. The molecule has 0 radical (unpaired) electrons. The van der Waals surface area contributed by atoms with Crippen molar-refractivity contribution in [1.29, 1.82) is 0 Å². The van der Waals surface area contributed by atoms with E-state index in [0.717, 1.165) is 0 Å². The number of alkyl carbamates (subject to hydrolysis) is 1. The third-order valence-electron chi connectivity index (χ3n) is 2.37. The van der Waals surface area contributed by atoms with Crippen LogP contribution in [-0.4, -0.2) is 39.4 Å². The first-order chi connectivity index (χ1) is 9.83. The molecule has 0 atom stereocenters. The summed E-state index contributed by atoms with van der Waals surface area (Å²) < 4.78 is 6.71. The maximum absolute atomic E-state index is 11.4. The molecule has 0 saturated heterocycles. The van der Waals surface area contributed by atoms with Crippen molar-refractivity contribution in [2.45, 2.75) is 26.4 Å². The Kier molecular flexibility index (Phi) is 4.52. The van der Waals surface area contributed by atoms with E-state index in [1.54, 1.807) is 22.8 Å². The monoisotopic (exact) mass is 311 g/mol. The Morgan fingerprint density at radius 2 is 2.14 bits per heavy atom. The van der Waals surface area contributed by atoms with E-state index >= 15 is 0 Å². The third kappa shape index (κ3) is 4.78. The predicted molar refractivity (Wildman–Crippen MR) is 80.7 cm³/mol. The molecule has 7 nitrogen and oxygen atoms in total. The van der Waals surface area contributed by atoms with Gasteiger partial charge in [-0.25, -0.2) is 9.31 Å². The van der Waals surface area contributed by atoms with Crippen LogP contribution in [0.25, 0.3) is 5.65 Å². The van der Waals surface area contributed by atoms with Gasteiger partial charge in [0.2, 0.25) is 5.95 Å². The van der Waals surface area contributed by atoms with Gasteiger partial charge in [0, 0.05) is 19.3 Å². The number of aromatic nitrogens is 3. The first-order valence-electron chi connectivity index (χ1n) is 6.56. The Labute approximate surface area is 127 Å². The second-order valence-corrected chi connectivity index (χ2v) is 5.88. The van der Waals surface area contributed by atoms with Crippen LogP contribution in [0.5, 0.6) is 0 Å². The number of hydrogen-bond acceptors (Lipinski definition) is 5. The SMILES string of the molecule is CC(C)(C)OC(=O)NCCNc1nc2ccc(Cl)cn2n1. The first-order valence-corrected chi connectivity index (χ1v) is 6.94. The zero-order valence-electron chi connectivity index (χ0n) is 12.2. The van der Waals surface area contributed by atoms with Crippen LogP contribution in [0.15, 0.2) is 18.3 Å². The summed E-state index contributed by atoms with van der Waals surface area (Å²) in [5.41, 5.74) is 0.196. The quantitative estimate of drug-likeness (QED) is 0.847. The number of carbonyl (C=O) groups excluding carboxylic acids is 1. The molecule has 8 heteroatoms. The van der Waals surface area contributed by atoms with Gasteiger partial charge in [-0.3, -0.25) is 0 Å². The zero-order valence-corrected chi connectivity index (χ0v) is 12.9. The van der Waals surface area contributed by atoms with Gasteiger partial charge in [0.05, 0.1) is 5.02 Å². The second kappa shape index (κ2) is 6.17. The van der Waals surface area contributed by atoms with Crippen LogP contribution >= 0.6 is 11.6 Å². The number of nitrogens with zero attached hydrogens (tertiary/aromatic N) is 3. The molecule has 0 unspecified atom stereocenters. The molecule has 1 amide bonds. The van der Waals surface area contributed by atoms with E-state index in [1.807, 2.05) is 20.8 Å². The molecule has 0 aliphatic rings. The van der Waals surface area contributed by atoms with Gasteiger partial charge in [0.25, 0.3) is 0 Å². The number of nitrogens with one attached hydrogen (secondary N) is 2. The molecule has 0 spiro atoms. The van der Waals surface area contributed by atoms with Crippen molar-refractivity contribution in [1.82, 2.24) is 19.9 Å². The van der Waals surface area contributed by atoms with Crippen LogP contribution in [0.2, 0.25) is 5.02 Å². The predicted octanol–water partition coefficient (Wildman–Crippen LogP) is 2.32. The standard InChI is InChI=1S/C13H18ClN5O2/c1-13(2,3)21-12(20)16-7-6-15-11-17-10-5-4-9(14)8-19(10)18-11/h4-5,8H,6-7H2,1-3H3,(H,15,18)(H,16,20). The number of fused-ring (bicyclic) bond motifs is 1. The van der Waals surface area contributed by atoms with Crippen molar-refractivity contribution in [2.24, 2.45) is 0 Å². The molecule has 0 aromatic carbocycles. The molecule has 2 aromatic heterocycles. The number of rotatable bonds is 4. The Hall–Kier alpha value is -2.02. The highest BCUT2D eigenvalue weighted by molar-refractivity contribution is 6.30. The number of hydrogen-bond donors (Lipinski definition) is 2. The molecule has 2 aromatic rings. The van der Waals surface area contributed by atoms with Crippen molar-refractivity contribution in [3.8, 4) is 0 Å². The van der Waals surface area contributed by atoms with Gasteiger partial charge in [-0.2, -0.15) is 4.98 Å². The minimum Gasteiger partial charge on any atom is -0.444 e. The Balaban J connectivity index is 1.79. The van der Waals surface area contributed by atoms with Crippen LogP contribution in [0.4, 0.5) is 10.7 Å².